The van der Waals surface area contributed by atoms with Crippen molar-refractivity contribution in [3.63, 3.8) is 0 Å². The molecule has 0 radical (unpaired) electrons. The smallest absolute Gasteiger partial charge is 0.360 e. The maximum atomic E-state index is 14.2. The van der Waals surface area contributed by atoms with E-state index < -0.39 is 23.8 Å². The first kappa shape index (κ1) is 19.8. The van der Waals surface area contributed by atoms with Gasteiger partial charge in [0.15, 0.2) is 5.69 Å². The van der Waals surface area contributed by atoms with Crippen molar-refractivity contribution in [2.24, 2.45) is 0 Å². The van der Waals surface area contributed by atoms with Gasteiger partial charge in [-0.1, -0.05) is 47.5 Å². The SMILES string of the molecule is O=C(O[C@H](C(=O)NCc1cccs1)c1ccccc1F)c1nsc(Cl)c1Cl. The van der Waals surface area contributed by atoms with Crippen LogP contribution in [0.25, 0.3) is 0 Å². The van der Waals surface area contributed by atoms with Crippen LogP contribution in [0.2, 0.25) is 9.36 Å². The van der Waals surface area contributed by atoms with Crippen molar-refractivity contribution in [3.05, 3.63) is 73.1 Å². The van der Waals surface area contributed by atoms with Crippen molar-refractivity contribution >= 4 is 57.9 Å². The van der Waals surface area contributed by atoms with Gasteiger partial charge in [0.1, 0.15) is 15.2 Å². The topological polar surface area (TPSA) is 68.3 Å². The lowest BCUT2D eigenvalue weighted by atomic mass is 10.1. The molecule has 0 aliphatic rings. The molecule has 2 aromatic heterocycles. The van der Waals surface area contributed by atoms with Gasteiger partial charge in [0, 0.05) is 10.4 Å². The lowest BCUT2D eigenvalue weighted by molar-refractivity contribution is -0.130. The molecule has 0 unspecified atom stereocenters. The van der Waals surface area contributed by atoms with Crippen LogP contribution in [-0.2, 0) is 16.1 Å². The van der Waals surface area contributed by atoms with Crippen LogP contribution < -0.4 is 5.32 Å². The third-order valence-corrected chi connectivity index (χ3v) is 5.95. The van der Waals surface area contributed by atoms with E-state index in [0.29, 0.717) is 0 Å². The summed E-state index contributed by atoms with van der Waals surface area (Å²) in [6.07, 6.45) is -1.50. The number of thiophene rings is 1. The Balaban J connectivity index is 1.83. The zero-order valence-electron chi connectivity index (χ0n) is 13.4. The first-order valence-corrected chi connectivity index (χ1v) is 9.94. The van der Waals surface area contributed by atoms with Crippen molar-refractivity contribution < 1.29 is 18.7 Å². The second-order valence-electron chi connectivity index (χ2n) is 5.22. The van der Waals surface area contributed by atoms with Crippen LogP contribution in [0.5, 0.6) is 0 Å². The Labute approximate surface area is 171 Å². The highest BCUT2D eigenvalue weighted by molar-refractivity contribution is 7.11. The number of rotatable bonds is 6. The Bertz CT molecular complexity index is 963. The fourth-order valence-corrected chi connectivity index (χ4v) is 3.80. The minimum absolute atomic E-state index is 0.0713. The number of carbonyl (C=O) groups is 2. The summed E-state index contributed by atoms with van der Waals surface area (Å²) in [6.45, 7) is 0.224. The molecule has 1 atom stereocenters. The van der Waals surface area contributed by atoms with Crippen molar-refractivity contribution in [1.82, 2.24) is 9.69 Å². The zero-order chi connectivity index (χ0) is 19.4. The van der Waals surface area contributed by atoms with Gasteiger partial charge in [-0.05, 0) is 29.0 Å². The number of carbonyl (C=O) groups excluding carboxylic acids is 2. The standard InChI is InChI=1S/C17H11Cl2FN2O3S2/c18-12-13(22-27-15(12)19)17(24)25-14(10-5-1-2-6-11(10)20)16(23)21-8-9-4-3-7-26-9/h1-7,14H,8H2,(H,21,23)/t14-/m0/s1. The minimum Gasteiger partial charge on any atom is -0.442 e. The molecule has 1 aromatic carbocycles. The summed E-state index contributed by atoms with van der Waals surface area (Å²) in [5, 5.41) is 4.43. The van der Waals surface area contributed by atoms with Gasteiger partial charge in [0.05, 0.1) is 6.54 Å². The summed E-state index contributed by atoms with van der Waals surface area (Å²) in [7, 11) is 0. The molecule has 0 bridgehead atoms. The number of halogens is 3. The fraction of sp³-hybridized carbons (Fsp3) is 0.118. The second-order valence-corrected chi connectivity index (χ2v) is 8.01. The van der Waals surface area contributed by atoms with Gasteiger partial charge in [0.2, 0.25) is 6.10 Å². The van der Waals surface area contributed by atoms with Crippen LogP contribution in [0.15, 0.2) is 41.8 Å². The first-order chi connectivity index (χ1) is 13.0. The molecule has 27 heavy (non-hydrogen) atoms. The molecule has 0 fully saturated rings. The van der Waals surface area contributed by atoms with Gasteiger partial charge in [-0.2, -0.15) is 4.37 Å². The number of nitrogens with one attached hydrogen (secondary N) is 1. The number of amides is 1. The van der Waals surface area contributed by atoms with Crippen LogP contribution in [0.3, 0.4) is 0 Å². The summed E-state index contributed by atoms with van der Waals surface area (Å²) in [5.74, 6) is -2.31. The summed E-state index contributed by atoms with van der Waals surface area (Å²) >= 11 is 14.0. The second kappa shape index (κ2) is 8.79. The molecule has 0 saturated heterocycles. The van der Waals surface area contributed by atoms with Gasteiger partial charge in [-0.15, -0.1) is 11.3 Å². The Morgan fingerprint density at radius 2 is 2.00 bits per heavy atom. The molecule has 5 nitrogen and oxygen atoms in total. The van der Waals surface area contributed by atoms with E-state index in [1.807, 2.05) is 17.5 Å². The molecule has 10 heteroatoms. The maximum absolute atomic E-state index is 14.2. The number of benzene rings is 1. The van der Waals surface area contributed by atoms with Crippen LogP contribution >= 0.6 is 46.1 Å². The van der Waals surface area contributed by atoms with E-state index >= 15 is 0 Å². The monoisotopic (exact) mass is 444 g/mol. The summed E-state index contributed by atoms with van der Waals surface area (Å²) in [6, 6.07) is 9.24. The summed E-state index contributed by atoms with van der Waals surface area (Å²) in [5.41, 5.74) is -0.300. The van der Waals surface area contributed by atoms with Gasteiger partial charge in [0.25, 0.3) is 5.91 Å². The highest BCUT2D eigenvalue weighted by atomic mass is 35.5. The summed E-state index contributed by atoms with van der Waals surface area (Å²) < 4.78 is 23.4. The molecular weight excluding hydrogens is 434 g/mol. The third-order valence-electron chi connectivity index (χ3n) is 3.46. The molecule has 140 valence electrons. The van der Waals surface area contributed by atoms with Crippen LogP contribution in [0.1, 0.15) is 27.0 Å². The number of ether oxygens (including phenoxy) is 1. The van der Waals surface area contributed by atoms with Crippen molar-refractivity contribution in [2.75, 3.05) is 0 Å². The highest BCUT2D eigenvalue weighted by Crippen LogP contribution is 2.31. The molecule has 3 aromatic rings. The minimum atomic E-state index is -1.50. The van der Waals surface area contributed by atoms with Crippen LogP contribution in [-0.4, -0.2) is 16.3 Å². The van der Waals surface area contributed by atoms with E-state index in [1.54, 1.807) is 6.07 Å². The van der Waals surface area contributed by atoms with E-state index in [-0.39, 0.29) is 27.2 Å². The molecule has 0 spiro atoms. The molecule has 1 N–H and O–H groups in total. The van der Waals surface area contributed by atoms with Gasteiger partial charge >= 0.3 is 5.97 Å². The maximum Gasteiger partial charge on any atom is 0.360 e. The Morgan fingerprint density at radius 3 is 2.63 bits per heavy atom. The zero-order valence-corrected chi connectivity index (χ0v) is 16.6. The quantitative estimate of drug-likeness (QED) is 0.550. The van der Waals surface area contributed by atoms with E-state index in [1.165, 1.54) is 29.5 Å². The van der Waals surface area contributed by atoms with Gasteiger partial charge in [-0.25, -0.2) is 9.18 Å². The number of nitrogens with zero attached hydrogens (tertiary/aromatic N) is 1. The molecule has 0 aliphatic heterocycles. The Morgan fingerprint density at radius 1 is 1.22 bits per heavy atom. The number of hydrogen-bond acceptors (Lipinski definition) is 6. The molecular formula is C17H11Cl2FN2O3S2. The van der Waals surface area contributed by atoms with Crippen LogP contribution in [0, 0.1) is 5.82 Å². The van der Waals surface area contributed by atoms with E-state index in [4.69, 9.17) is 27.9 Å². The van der Waals surface area contributed by atoms with E-state index in [2.05, 4.69) is 9.69 Å². The average Bonchev–Trinajstić information content (AvgIpc) is 3.29. The highest BCUT2D eigenvalue weighted by Gasteiger charge is 2.30. The molecule has 3 rings (SSSR count). The average molecular weight is 445 g/mol. The number of hydrogen-bond donors (Lipinski definition) is 1. The molecule has 2 heterocycles. The summed E-state index contributed by atoms with van der Waals surface area (Å²) in [4.78, 5) is 25.9. The lowest BCUT2D eigenvalue weighted by Gasteiger charge is -2.18. The largest absolute Gasteiger partial charge is 0.442 e. The Hall–Kier alpha value is -2.00. The third kappa shape index (κ3) is 4.65. The predicted octanol–water partition coefficient (Wildman–Crippen LogP) is 4.87. The van der Waals surface area contributed by atoms with Gasteiger partial charge in [-0.3, -0.25) is 4.79 Å². The van der Waals surface area contributed by atoms with Crippen molar-refractivity contribution in [1.29, 1.82) is 0 Å². The first-order valence-electron chi connectivity index (χ1n) is 7.53. The lowest BCUT2D eigenvalue weighted by Crippen LogP contribution is -2.32. The van der Waals surface area contributed by atoms with Gasteiger partial charge < -0.3 is 10.1 Å². The number of aromatic nitrogens is 1. The van der Waals surface area contributed by atoms with Crippen molar-refractivity contribution in [2.45, 2.75) is 12.6 Å². The van der Waals surface area contributed by atoms with Crippen LogP contribution in [0.4, 0.5) is 4.39 Å². The Kier molecular flexibility index (Phi) is 6.43. The molecule has 0 aliphatic carbocycles. The molecule has 1 amide bonds. The fourth-order valence-electron chi connectivity index (χ4n) is 2.17. The normalized spacial score (nSPS) is 11.8. The number of esters is 1. The molecule has 0 saturated carbocycles. The predicted molar refractivity (Wildman–Crippen MR) is 103 cm³/mol. The van der Waals surface area contributed by atoms with E-state index in [9.17, 15) is 14.0 Å². The van der Waals surface area contributed by atoms with E-state index in [0.717, 1.165) is 16.4 Å². The van der Waals surface area contributed by atoms with Crippen molar-refractivity contribution in [3.8, 4) is 0 Å².